The van der Waals surface area contributed by atoms with Gasteiger partial charge in [0.05, 0.1) is 0 Å². The Labute approximate surface area is 93.1 Å². The molecule has 15 heavy (non-hydrogen) atoms. The van der Waals surface area contributed by atoms with Crippen molar-refractivity contribution in [3.63, 3.8) is 0 Å². The molecule has 0 bridgehead atoms. The van der Waals surface area contributed by atoms with Crippen molar-refractivity contribution in [2.45, 2.75) is 19.8 Å². The van der Waals surface area contributed by atoms with Crippen LogP contribution in [0, 0.1) is 0 Å². The predicted molar refractivity (Wildman–Crippen MR) is 66.2 cm³/mol. The molecule has 2 heteroatoms. The van der Waals surface area contributed by atoms with Crippen molar-refractivity contribution in [1.82, 2.24) is 10.6 Å². The monoisotopic (exact) mass is 206 g/mol. The highest BCUT2D eigenvalue weighted by Crippen LogP contribution is 2.00. The lowest BCUT2D eigenvalue weighted by Crippen LogP contribution is -2.27. The summed E-state index contributed by atoms with van der Waals surface area (Å²) in [6, 6.07) is 10.7. The summed E-state index contributed by atoms with van der Waals surface area (Å²) in [4.78, 5) is 0. The normalized spacial score (nSPS) is 10.5. The molecule has 0 aromatic heterocycles. The maximum Gasteiger partial charge on any atom is 0.00767 e. The first-order valence-electron chi connectivity index (χ1n) is 5.89. The van der Waals surface area contributed by atoms with Gasteiger partial charge in [-0.05, 0) is 31.5 Å². The number of aryl methyl sites for hydroxylation is 1. The quantitative estimate of drug-likeness (QED) is 0.634. The lowest BCUT2D eigenvalue weighted by molar-refractivity contribution is 0.607. The summed E-state index contributed by atoms with van der Waals surface area (Å²) in [5, 5.41) is 6.72. The highest BCUT2D eigenvalue weighted by atomic mass is 14.9. The van der Waals surface area contributed by atoms with Gasteiger partial charge in [-0.3, -0.25) is 0 Å². The first-order valence-corrected chi connectivity index (χ1v) is 5.89. The highest BCUT2D eigenvalue weighted by molar-refractivity contribution is 5.14. The van der Waals surface area contributed by atoms with E-state index in [-0.39, 0.29) is 0 Å². The maximum atomic E-state index is 3.43. The van der Waals surface area contributed by atoms with Gasteiger partial charge in [0, 0.05) is 13.1 Å². The second kappa shape index (κ2) is 8.45. The molecule has 0 aliphatic heterocycles. The maximum absolute atomic E-state index is 3.43. The van der Waals surface area contributed by atoms with Gasteiger partial charge >= 0.3 is 0 Å². The van der Waals surface area contributed by atoms with Crippen LogP contribution in [0.15, 0.2) is 30.3 Å². The Kier molecular flexibility index (Phi) is 6.88. The molecule has 84 valence electrons. The van der Waals surface area contributed by atoms with Crippen LogP contribution >= 0.6 is 0 Å². The van der Waals surface area contributed by atoms with Crippen LogP contribution in [0.3, 0.4) is 0 Å². The van der Waals surface area contributed by atoms with E-state index in [0.717, 1.165) is 26.2 Å². The van der Waals surface area contributed by atoms with Crippen molar-refractivity contribution >= 4 is 0 Å². The van der Waals surface area contributed by atoms with Crippen LogP contribution in [0.5, 0.6) is 0 Å². The van der Waals surface area contributed by atoms with Gasteiger partial charge in [0.2, 0.25) is 0 Å². The van der Waals surface area contributed by atoms with Gasteiger partial charge in [-0.2, -0.15) is 0 Å². The molecule has 0 unspecified atom stereocenters. The van der Waals surface area contributed by atoms with Crippen molar-refractivity contribution in [1.29, 1.82) is 0 Å². The third-order valence-corrected chi connectivity index (χ3v) is 2.39. The molecule has 1 rings (SSSR count). The van der Waals surface area contributed by atoms with E-state index < -0.39 is 0 Å². The molecule has 0 spiro atoms. The molecule has 0 amide bonds. The second-order valence-electron chi connectivity index (χ2n) is 3.69. The summed E-state index contributed by atoms with van der Waals surface area (Å²) in [5.41, 5.74) is 1.44. The zero-order valence-electron chi connectivity index (χ0n) is 9.63. The Morgan fingerprint density at radius 1 is 0.933 bits per heavy atom. The SMILES string of the molecule is CCNCCNCCCc1ccccc1. The third kappa shape index (κ3) is 6.26. The standard InChI is InChI=1S/C13H22N2/c1-2-14-11-12-15-10-6-9-13-7-4-3-5-8-13/h3-5,7-8,14-15H,2,6,9-12H2,1H3. The summed E-state index contributed by atoms with van der Waals surface area (Å²) < 4.78 is 0. The molecular formula is C13H22N2. The number of nitrogens with one attached hydrogen (secondary N) is 2. The second-order valence-corrected chi connectivity index (χ2v) is 3.69. The van der Waals surface area contributed by atoms with Gasteiger partial charge in [0.1, 0.15) is 0 Å². The average molecular weight is 206 g/mol. The van der Waals surface area contributed by atoms with Crippen LogP contribution in [0.1, 0.15) is 18.9 Å². The summed E-state index contributed by atoms with van der Waals surface area (Å²) in [6.07, 6.45) is 2.39. The molecule has 1 aromatic rings. The van der Waals surface area contributed by atoms with Crippen LogP contribution in [0.4, 0.5) is 0 Å². The number of hydrogen-bond donors (Lipinski definition) is 2. The smallest absolute Gasteiger partial charge is 0.00767 e. The van der Waals surface area contributed by atoms with Crippen molar-refractivity contribution in [2.24, 2.45) is 0 Å². The largest absolute Gasteiger partial charge is 0.316 e. The molecule has 0 atom stereocenters. The molecule has 0 aliphatic carbocycles. The van der Waals surface area contributed by atoms with E-state index in [1.165, 1.54) is 18.4 Å². The van der Waals surface area contributed by atoms with E-state index in [2.05, 4.69) is 47.9 Å². The Hall–Kier alpha value is -0.860. The molecule has 0 saturated carbocycles. The van der Waals surface area contributed by atoms with Crippen LogP contribution < -0.4 is 10.6 Å². The third-order valence-electron chi connectivity index (χ3n) is 2.39. The van der Waals surface area contributed by atoms with Crippen LogP contribution in [-0.4, -0.2) is 26.2 Å². The lowest BCUT2D eigenvalue weighted by atomic mass is 10.1. The van der Waals surface area contributed by atoms with Crippen LogP contribution in [-0.2, 0) is 6.42 Å². The van der Waals surface area contributed by atoms with Gasteiger partial charge in [0.25, 0.3) is 0 Å². The summed E-state index contributed by atoms with van der Waals surface area (Å²) in [5.74, 6) is 0. The van der Waals surface area contributed by atoms with Gasteiger partial charge in [-0.25, -0.2) is 0 Å². The van der Waals surface area contributed by atoms with Gasteiger partial charge < -0.3 is 10.6 Å². The molecule has 0 heterocycles. The molecule has 0 radical (unpaired) electrons. The predicted octanol–water partition coefficient (Wildman–Crippen LogP) is 1.82. The average Bonchev–Trinajstić information content (AvgIpc) is 2.29. The number of hydrogen-bond acceptors (Lipinski definition) is 2. The Morgan fingerprint density at radius 2 is 1.67 bits per heavy atom. The molecule has 0 fully saturated rings. The van der Waals surface area contributed by atoms with Crippen molar-refractivity contribution in [3.05, 3.63) is 35.9 Å². The fourth-order valence-electron chi connectivity index (χ4n) is 1.54. The van der Waals surface area contributed by atoms with Crippen LogP contribution in [0.25, 0.3) is 0 Å². The summed E-state index contributed by atoms with van der Waals surface area (Å²) in [7, 11) is 0. The Bertz CT molecular complexity index is 234. The van der Waals surface area contributed by atoms with Crippen molar-refractivity contribution < 1.29 is 0 Å². The molecule has 1 aromatic carbocycles. The minimum absolute atomic E-state index is 1.06. The lowest BCUT2D eigenvalue weighted by Gasteiger charge is -2.05. The fourth-order valence-corrected chi connectivity index (χ4v) is 1.54. The molecule has 2 N–H and O–H groups in total. The molecule has 0 saturated heterocycles. The van der Waals surface area contributed by atoms with E-state index in [9.17, 15) is 0 Å². The van der Waals surface area contributed by atoms with Crippen molar-refractivity contribution in [2.75, 3.05) is 26.2 Å². The van der Waals surface area contributed by atoms with Gasteiger partial charge in [0.15, 0.2) is 0 Å². The number of benzene rings is 1. The van der Waals surface area contributed by atoms with E-state index >= 15 is 0 Å². The number of rotatable bonds is 8. The van der Waals surface area contributed by atoms with Crippen LogP contribution in [0.2, 0.25) is 0 Å². The Morgan fingerprint density at radius 3 is 2.40 bits per heavy atom. The van der Waals surface area contributed by atoms with Gasteiger partial charge in [-0.15, -0.1) is 0 Å². The highest BCUT2D eigenvalue weighted by Gasteiger charge is 1.91. The summed E-state index contributed by atoms with van der Waals surface area (Å²) >= 11 is 0. The van der Waals surface area contributed by atoms with Crippen molar-refractivity contribution in [3.8, 4) is 0 Å². The first-order chi connectivity index (χ1) is 7.43. The molecule has 0 aliphatic rings. The minimum Gasteiger partial charge on any atom is -0.316 e. The minimum atomic E-state index is 1.06. The van der Waals surface area contributed by atoms with E-state index in [1.807, 2.05) is 0 Å². The first kappa shape index (κ1) is 12.2. The van der Waals surface area contributed by atoms with E-state index in [0.29, 0.717) is 0 Å². The topological polar surface area (TPSA) is 24.1 Å². The zero-order valence-corrected chi connectivity index (χ0v) is 9.63. The molecule has 2 nitrogen and oxygen atoms in total. The Balaban J connectivity index is 1.93. The van der Waals surface area contributed by atoms with E-state index in [1.54, 1.807) is 0 Å². The molecular weight excluding hydrogens is 184 g/mol. The fraction of sp³-hybridized carbons (Fsp3) is 0.538. The van der Waals surface area contributed by atoms with E-state index in [4.69, 9.17) is 0 Å². The zero-order chi connectivity index (χ0) is 10.8. The number of likely N-dealkylation sites (N-methyl/N-ethyl adjacent to an activating group) is 1. The van der Waals surface area contributed by atoms with Gasteiger partial charge in [-0.1, -0.05) is 37.3 Å². The summed E-state index contributed by atoms with van der Waals surface area (Å²) in [6.45, 7) is 6.45.